The Bertz CT molecular complexity index is 863. The third-order valence-corrected chi connectivity index (χ3v) is 4.98. The molecular formula is C22H23NO3S. The van der Waals surface area contributed by atoms with E-state index in [2.05, 4.69) is 0 Å². The average molecular weight is 381 g/mol. The number of hydrogen-bond donors (Lipinski definition) is 0. The molecule has 27 heavy (non-hydrogen) atoms. The number of ether oxygens (including phenoxy) is 2. The Morgan fingerprint density at radius 3 is 2.52 bits per heavy atom. The summed E-state index contributed by atoms with van der Waals surface area (Å²) in [5.41, 5.74) is 3.15. The van der Waals surface area contributed by atoms with E-state index in [1.165, 1.54) is 0 Å². The number of likely N-dealkylation sites (N-methyl/N-ethyl adjacent to an activating group) is 1. The molecule has 140 valence electrons. The number of rotatable bonds is 8. The number of carbonyl (C=O) groups excluding carboxylic acids is 1. The molecule has 0 bridgehead atoms. The highest BCUT2D eigenvalue weighted by molar-refractivity contribution is 7.08. The van der Waals surface area contributed by atoms with Gasteiger partial charge in [-0.25, -0.2) is 0 Å². The molecule has 1 amide bonds. The zero-order chi connectivity index (χ0) is 19.1. The minimum absolute atomic E-state index is 0.0942. The molecule has 2 aromatic carbocycles. The molecule has 0 saturated heterocycles. The van der Waals surface area contributed by atoms with Crippen LogP contribution >= 0.6 is 11.3 Å². The SMILES string of the molecule is COc1cc(CN(C)C(=O)Cc2ccsc2)ccc1OCc1ccccc1. The van der Waals surface area contributed by atoms with E-state index >= 15 is 0 Å². The summed E-state index contributed by atoms with van der Waals surface area (Å²) >= 11 is 1.61. The van der Waals surface area contributed by atoms with Gasteiger partial charge in [0.1, 0.15) is 6.61 Å². The van der Waals surface area contributed by atoms with E-state index in [0.717, 1.165) is 16.7 Å². The van der Waals surface area contributed by atoms with E-state index in [0.29, 0.717) is 31.1 Å². The van der Waals surface area contributed by atoms with Crippen molar-refractivity contribution in [2.24, 2.45) is 0 Å². The van der Waals surface area contributed by atoms with Gasteiger partial charge in [0.15, 0.2) is 11.5 Å². The van der Waals surface area contributed by atoms with E-state index in [-0.39, 0.29) is 5.91 Å². The van der Waals surface area contributed by atoms with Gasteiger partial charge in [0.05, 0.1) is 13.5 Å². The molecule has 1 aromatic heterocycles. The van der Waals surface area contributed by atoms with Crippen molar-refractivity contribution in [3.05, 3.63) is 82.0 Å². The minimum Gasteiger partial charge on any atom is -0.493 e. The Kier molecular flexibility index (Phi) is 6.49. The van der Waals surface area contributed by atoms with E-state index in [9.17, 15) is 4.79 Å². The third kappa shape index (κ3) is 5.34. The van der Waals surface area contributed by atoms with Crippen molar-refractivity contribution in [1.29, 1.82) is 0 Å². The molecule has 0 fully saturated rings. The van der Waals surface area contributed by atoms with Crippen LogP contribution in [0.1, 0.15) is 16.7 Å². The minimum atomic E-state index is 0.0942. The Hall–Kier alpha value is -2.79. The fraction of sp³-hybridized carbons (Fsp3) is 0.227. The molecule has 0 aliphatic carbocycles. The molecule has 4 nitrogen and oxygen atoms in total. The maximum absolute atomic E-state index is 12.4. The molecule has 5 heteroatoms. The molecule has 0 saturated carbocycles. The molecule has 0 unspecified atom stereocenters. The van der Waals surface area contributed by atoms with Gasteiger partial charge >= 0.3 is 0 Å². The highest BCUT2D eigenvalue weighted by atomic mass is 32.1. The Labute approximate surface area is 164 Å². The lowest BCUT2D eigenvalue weighted by atomic mass is 10.1. The van der Waals surface area contributed by atoms with Crippen molar-refractivity contribution in [3.63, 3.8) is 0 Å². The van der Waals surface area contributed by atoms with Gasteiger partial charge < -0.3 is 14.4 Å². The number of benzene rings is 2. The van der Waals surface area contributed by atoms with Crippen molar-refractivity contribution in [1.82, 2.24) is 4.90 Å². The van der Waals surface area contributed by atoms with E-state index in [1.807, 2.05) is 72.4 Å². The van der Waals surface area contributed by atoms with Crippen molar-refractivity contribution in [2.75, 3.05) is 14.2 Å². The smallest absolute Gasteiger partial charge is 0.227 e. The molecule has 0 aliphatic heterocycles. The van der Waals surface area contributed by atoms with Crippen molar-refractivity contribution in [3.8, 4) is 11.5 Å². The van der Waals surface area contributed by atoms with Crippen LogP contribution in [0.15, 0.2) is 65.4 Å². The van der Waals surface area contributed by atoms with Gasteiger partial charge in [-0.2, -0.15) is 11.3 Å². The number of hydrogen-bond acceptors (Lipinski definition) is 4. The predicted octanol–water partition coefficient (Wildman–Crippen LogP) is 4.54. The van der Waals surface area contributed by atoms with Crippen LogP contribution in [0.4, 0.5) is 0 Å². The van der Waals surface area contributed by atoms with Crippen LogP contribution in [-0.4, -0.2) is 25.0 Å². The van der Waals surface area contributed by atoms with E-state index in [1.54, 1.807) is 23.3 Å². The van der Waals surface area contributed by atoms with Gasteiger partial charge in [0, 0.05) is 13.6 Å². The highest BCUT2D eigenvalue weighted by Gasteiger charge is 2.12. The lowest BCUT2D eigenvalue weighted by molar-refractivity contribution is -0.129. The quantitative estimate of drug-likeness (QED) is 0.575. The summed E-state index contributed by atoms with van der Waals surface area (Å²) in [6.07, 6.45) is 0.426. The van der Waals surface area contributed by atoms with Gasteiger partial charge in [0.2, 0.25) is 5.91 Å². The van der Waals surface area contributed by atoms with E-state index < -0.39 is 0 Å². The summed E-state index contributed by atoms with van der Waals surface area (Å²) < 4.78 is 11.4. The Balaban J connectivity index is 1.62. The highest BCUT2D eigenvalue weighted by Crippen LogP contribution is 2.29. The lowest BCUT2D eigenvalue weighted by Gasteiger charge is -2.18. The van der Waals surface area contributed by atoms with Gasteiger partial charge in [-0.15, -0.1) is 0 Å². The zero-order valence-electron chi connectivity index (χ0n) is 15.6. The predicted molar refractivity (Wildman–Crippen MR) is 108 cm³/mol. The first-order chi connectivity index (χ1) is 13.2. The van der Waals surface area contributed by atoms with Gasteiger partial charge in [-0.3, -0.25) is 4.79 Å². The second-order valence-electron chi connectivity index (χ2n) is 6.32. The second kappa shape index (κ2) is 9.24. The maximum Gasteiger partial charge on any atom is 0.227 e. The molecule has 0 N–H and O–H groups in total. The molecule has 1 heterocycles. The van der Waals surface area contributed by atoms with Gasteiger partial charge in [0.25, 0.3) is 0 Å². The number of carbonyl (C=O) groups is 1. The van der Waals surface area contributed by atoms with Crippen molar-refractivity contribution in [2.45, 2.75) is 19.6 Å². The first kappa shape index (κ1) is 19.0. The normalized spacial score (nSPS) is 10.4. The van der Waals surface area contributed by atoms with Crippen LogP contribution in [0.2, 0.25) is 0 Å². The standard InChI is InChI=1S/C22H23NO3S/c1-23(22(24)13-19-10-11-27-16-19)14-18-8-9-20(21(12-18)25-2)26-15-17-6-4-3-5-7-17/h3-12,16H,13-15H2,1-2H3. The number of nitrogens with zero attached hydrogens (tertiary/aromatic N) is 1. The molecule has 0 atom stereocenters. The number of thiophene rings is 1. The summed E-state index contributed by atoms with van der Waals surface area (Å²) in [5, 5.41) is 4.00. The van der Waals surface area contributed by atoms with Crippen molar-refractivity contribution >= 4 is 17.2 Å². The number of methoxy groups -OCH3 is 1. The largest absolute Gasteiger partial charge is 0.493 e. The lowest BCUT2D eigenvalue weighted by Crippen LogP contribution is -2.27. The average Bonchev–Trinajstić information content (AvgIpc) is 3.20. The van der Waals surface area contributed by atoms with Crippen LogP contribution in [0.5, 0.6) is 11.5 Å². The van der Waals surface area contributed by atoms with Crippen LogP contribution in [0, 0.1) is 0 Å². The first-order valence-electron chi connectivity index (χ1n) is 8.74. The Morgan fingerprint density at radius 1 is 1.00 bits per heavy atom. The monoisotopic (exact) mass is 381 g/mol. The molecular weight excluding hydrogens is 358 g/mol. The first-order valence-corrected chi connectivity index (χ1v) is 9.68. The van der Waals surface area contributed by atoms with Gasteiger partial charge in [-0.05, 0) is 45.6 Å². The van der Waals surface area contributed by atoms with Crippen LogP contribution < -0.4 is 9.47 Å². The van der Waals surface area contributed by atoms with Gasteiger partial charge in [-0.1, -0.05) is 36.4 Å². The van der Waals surface area contributed by atoms with Crippen molar-refractivity contribution < 1.29 is 14.3 Å². The fourth-order valence-electron chi connectivity index (χ4n) is 2.73. The fourth-order valence-corrected chi connectivity index (χ4v) is 3.40. The summed E-state index contributed by atoms with van der Waals surface area (Å²) in [4.78, 5) is 14.1. The molecule has 3 rings (SSSR count). The van der Waals surface area contributed by atoms with Crippen LogP contribution in [0.25, 0.3) is 0 Å². The Morgan fingerprint density at radius 2 is 1.81 bits per heavy atom. The third-order valence-electron chi connectivity index (χ3n) is 4.25. The summed E-state index contributed by atoms with van der Waals surface area (Å²) in [7, 11) is 3.45. The molecule has 0 spiro atoms. The maximum atomic E-state index is 12.4. The summed E-state index contributed by atoms with van der Waals surface area (Å²) in [6.45, 7) is 1.01. The molecule has 3 aromatic rings. The summed E-state index contributed by atoms with van der Waals surface area (Å²) in [6, 6.07) is 17.8. The number of amides is 1. The zero-order valence-corrected chi connectivity index (χ0v) is 16.4. The molecule has 0 aliphatic rings. The van der Waals surface area contributed by atoms with Crippen LogP contribution in [-0.2, 0) is 24.4 Å². The summed E-state index contributed by atoms with van der Waals surface area (Å²) in [5.74, 6) is 1.45. The molecule has 0 radical (unpaired) electrons. The second-order valence-corrected chi connectivity index (χ2v) is 7.10. The van der Waals surface area contributed by atoms with E-state index in [4.69, 9.17) is 9.47 Å². The topological polar surface area (TPSA) is 38.8 Å². The van der Waals surface area contributed by atoms with Crippen LogP contribution in [0.3, 0.4) is 0 Å².